The number of carboxylic acids is 1. The Bertz CT molecular complexity index is 651. The van der Waals surface area contributed by atoms with E-state index in [0.717, 1.165) is 16.9 Å². The van der Waals surface area contributed by atoms with Crippen molar-refractivity contribution >= 4 is 23.3 Å². The fourth-order valence-corrected chi connectivity index (χ4v) is 1.89. The van der Waals surface area contributed by atoms with Crippen LogP contribution < -0.4 is 10.6 Å². The quantitative estimate of drug-likeness (QED) is 0.788. The zero-order chi connectivity index (χ0) is 15.2. The molecular formula is C16H16N2O3. The van der Waals surface area contributed by atoms with Gasteiger partial charge in [0.2, 0.25) is 5.91 Å². The molecular weight excluding hydrogens is 268 g/mol. The van der Waals surface area contributed by atoms with Crippen LogP contribution in [0.2, 0.25) is 0 Å². The van der Waals surface area contributed by atoms with E-state index in [1.807, 2.05) is 18.2 Å². The Morgan fingerprint density at radius 1 is 1.05 bits per heavy atom. The van der Waals surface area contributed by atoms with Gasteiger partial charge in [-0.3, -0.25) is 4.79 Å². The summed E-state index contributed by atoms with van der Waals surface area (Å²) in [6, 6.07) is 14.1. The number of aromatic carboxylic acids is 1. The molecule has 2 aromatic rings. The number of carboxylic acid groups (broad SMARTS) is 1. The van der Waals surface area contributed by atoms with Gasteiger partial charge in [0.15, 0.2) is 0 Å². The second-order valence-corrected chi connectivity index (χ2v) is 4.62. The summed E-state index contributed by atoms with van der Waals surface area (Å²) >= 11 is 0. The van der Waals surface area contributed by atoms with Gasteiger partial charge in [0, 0.05) is 24.8 Å². The summed E-state index contributed by atoms with van der Waals surface area (Å²) in [6.45, 7) is 1.99. The van der Waals surface area contributed by atoms with Crippen LogP contribution in [0.4, 0.5) is 11.4 Å². The average molecular weight is 284 g/mol. The number of nitrogens with one attached hydrogen (secondary N) is 2. The zero-order valence-electron chi connectivity index (χ0n) is 11.6. The smallest absolute Gasteiger partial charge is 0.335 e. The summed E-state index contributed by atoms with van der Waals surface area (Å²) in [4.78, 5) is 21.8. The highest BCUT2D eigenvalue weighted by atomic mass is 16.4. The predicted molar refractivity (Wildman–Crippen MR) is 81.5 cm³/mol. The number of hydrogen-bond donors (Lipinski definition) is 3. The lowest BCUT2D eigenvalue weighted by Crippen LogP contribution is -2.06. The van der Waals surface area contributed by atoms with Crippen molar-refractivity contribution in [3.05, 3.63) is 59.7 Å². The van der Waals surface area contributed by atoms with Crippen molar-refractivity contribution in [3.8, 4) is 0 Å². The lowest BCUT2D eigenvalue weighted by atomic mass is 10.1. The highest BCUT2D eigenvalue weighted by Crippen LogP contribution is 2.15. The van der Waals surface area contributed by atoms with Gasteiger partial charge in [0.05, 0.1) is 5.56 Å². The molecule has 0 fully saturated rings. The van der Waals surface area contributed by atoms with Crippen molar-refractivity contribution in [2.75, 3.05) is 10.6 Å². The summed E-state index contributed by atoms with van der Waals surface area (Å²) in [5, 5.41) is 14.8. The first kappa shape index (κ1) is 14.6. The second kappa shape index (κ2) is 6.56. The number of benzene rings is 2. The molecule has 5 nitrogen and oxygen atoms in total. The van der Waals surface area contributed by atoms with Crippen LogP contribution in [0.15, 0.2) is 48.5 Å². The van der Waals surface area contributed by atoms with Crippen LogP contribution in [0.1, 0.15) is 22.8 Å². The van der Waals surface area contributed by atoms with Gasteiger partial charge in [-0.05, 0) is 42.0 Å². The Morgan fingerprint density at radius 3 is 2.33 bits per heavy atom. The van der Waals surface area contributed by atoms with E-state index in [2.05, 4.69) is 10.6 Å². The maximum atomic E-state index is 10.9. The zero-order valence-corrected chi connectivity index (χ0v) is 11.6. The molecule has 0 aromatic heterocycles. The average Bonchev–Trinajstić information content (AvgIpc) is 2.46. The number of anilines is 2. The summed E-state index contributed by atoms with van der Waals surface area (Å²) in [5.74, 6) is -1.04. The molecule has 0 unspecified atom stereocenters. The van der Waals surface area contributed by atoms with Crippen molar-refractivity contribution in [1.82, 2.24) is 0 Å². The van der Waals surface area contributed by atoms with E-state index < -0.39 is 5.97 Å². The topological polar surface area (TPSA) is 78.4 Å². The molecule has 1 amide bonds. The number of rotatable bonds is 5. The number of carbonyl (C=O) groups is 2. The third-order valence-electron chi connectivity index (χ3n) is 2.88. The van der Waals surface area contributed by atoms with Gasteiger partial charge in [-0.15, -0.1) is 0 Å². The van der Waals surface area contributed by atoms with E-state index >= 15 is 0 Å². The molecule has 2 rings (SSSR count). The van der Waals surface area contributed by atoms with E-state index in [-0.39, 0.29) is 11.5 Å². The predicted octanol–water partition coefficient (Wildman–Crippen LogP) is 2.96. The van der Waals surface area contributed by atoms with E-state index in [4.69, 9.17) is 5.11 Å². The fraction of sp³-hybridized carbons (Fsp3) is 0.125. The van der Waals surface area contributed by atoms with Crippen LogP contribution in [0.3, 0.4) is 0 Å². The first-order valence-corrected chi connectivity index (χ1v) is 6.48. The van der Waals surface area contributed by atoms with Crippen LogP contribution in [0.5, 0.6) is 0 Å². The number of carbonyl (C=O) groups excluding carboxylic acids is 1. The Morgan fingerprint density at radius 2 is 1.71 bits per heavy atom. The Hall–Kier alpha value is -2.82. The Labute approximate surface area is 122 Å². The first-order chi connectivity index (χ1) is 10.0. The van der Waals surface area contributed by atoms with E-state index in [0.29, 0.717) is 6.54 Å². The molecule has 21 heavy (non-hydrogen) atoms. The minimum atomic E-state index is -0.934. The standard InChI is InChI=1S/C16H16N2O3/c1-11(19)18-15-7-5-14(6-8-15)17-10-12-3-2-4-13(9-12)16(20)21/h2-9,17H,10H2,1H3,(H,18,19)(H,20,21). The van der Waals surface area contributed by atoms with Crippen LogP contribution in [-0.4, -0.2) is 17.0 Å². The van der Waals surface area contributed by atoms with Gasteiger partial charge >= 0.3 is 5.97 Å². The molecule has 0 aliphatic rings. The van der Waals surface area contributed by atoms with Gasteiger partial charge in [0.25, 0.3) is 0 Å². The molecule has 0 heterocycles. The minimum absolute atomic E-state index is 0.110. The van der Waals surface area contributed by atoms with Crippen LogP contribution >= 0.6 is 0 Å². The van der Waals surface area contributed by atoms with Crippen LogP contribution in [0.25, 0.3) is 0 Å². The summed E-state index contributed by atoms with van der Waals surface area (Å²) < 4.78 is 0. The van der Waals surface area contributed by atoms with Gasteiger partial charge in [-0.25, -0.2) is 4.79 Å². The molecule has 0 aliphatic heterocycles. The summed E-state index contributed by atoms with van der Waals surface area (Å²) in [7, 11) is 0. The first-order valence-electron chi connectivity index (χ1n) is 6.48. The highest BCUT2D eigenvalue weighted by Gasteiger charge is 2.03. The molecule has 0 bridgehead atoms. The largest absolute Gasteiger partial charge is 0.478 e. The molecule has 0 radical (unpaired) electrons. The van der Waals surface area contributed by atoms with Gasteiger partial charge in [0.1, 0.15) is 0 Å². The van der Waals surface area contributed by atoms with E-state index in [9.17, 15) is 9.59 Å². The normalized spacial score (nSPS) is 9.95. The minimum Gasteiger partial charge on any atom is -0.478 e. The van der Waals surface area contributed by atoms with Crippen LogP contribution in [0, 0.1) is 0 Å². The third kappa shape index (κ3) is 4.35. The number of amides is 1. The second-order valence-electron chi connectivity index (χ2n) is 4.62. The van der Waals surface area contributed by atoms with Gasteiger partial charge in [-0.1, -0.05) is 12.1 Å². The third-order valence-corrected chi connectivity index (χ3v) is 2.88. The van der Waals surface area contributed by atoms with Crippen LogP contribution in [-0.2, 0) is 11.3 Å². The molecule has 0 saturated heterocycles. The molecule has 5 heteroatoms. The maximum Gasteiger partial charge on any atom is 0.335 e. The monoisotopic (exact) mass is 284 g/mol. The molecule has 0 atom stereocenters. The molecule has 0 saturated carbocycles. The lowest BCUT2D eigenvalue weighted by molar-refractivity contribution is -0.114. The number of hydrogen-bond acceptors (Lipinski definition) is 3. The van der Waals surface area contributed by atoms with Crippen molar-refractivity contribution in [3.63, 3.8) is 0 Å². The summed E-state index contributed by atoms with van der Waals surface area (Å²) in [5.41, 5.74) is 2.79. The highest BCUT2D eigenvalue weighted by molar-refractivity contribution is 5.89. The lowest BCUT2D eigenvalue weighted by Gasteiger charge is -2.08. The SMILES string of the molecule is CC(=O)Nc1ccc(NCc2cccc(C(=O)O)c2)cc1. The maximum absolute atomic E-state index is 10.9. The van der Waals surface area contributed by atoms with Gasteiger partial charge < -0.3 is 15.7 Å². The molecule has 0 aliphatic carbocycles. The molecule has 108 valence electrons. The van der Waals surface area contributed by atoms with E-state index in [1.165, 1.54) is 6.92 Å². The van der Waals surface area contributed by atoms with Crippen molar-refractivity contribution in [2.45, 2.75) is 13.5 Å². The molecule has 2 aromatic carbocycles. The van der Waals surface area contributed by atoms with Crippen molar-refractivity contribution < 1.29 is 14.7 Å². The Balaban J connectivity index is 1.98. The van der Waals surface area contributed by atoms with Gasteiger partial charge in [-0.2, -0.15) is 0 Å². The Kier molecular flexibility index (Phi) is 4.56. The fourth-order valence-electron chi connectivity index (χ4n) is 1.89. The van der Waals surface area contributed by atoms with Crippen molar-refractivity contribution in [1.29, 1.82) is 0 Å². The molecule has 0 spiro atoms. The van der Waals surface area contributed by atoms with Crippen molar-refractivity contribution in [2.24, 2.45) is 0 Å². The van der Waals surface area contributed by atoms with E-state index in [1.54, 1.807) is 30.3 Å². The summed E-state index contributed by atoms with van der Waals surface area (Å²) in [6.07, 6.45) is 0. The molecule has 3 N–H and O–H groups in total.